The number of nitrogens with one attached hydrogen (secondary N) is 1. The van der Waals surface area contributed by atoms with Gasteiger partial charge in [0.25, 0.3) is 0 Å². The van der Waals surface area contributed by atoms with Crippen LogP contribution in [0.2, 0.25) is 0 Å². The lowest BCUT2D eigenvalue weighted by Gasteiger charge is -2.31. The third-order valence-electron chi connectivity index (χ3n) is 4.85. The highest BCUT2D eigenvalue weighted by Crippen LogP contribution is 2.36. The summed E-state index contributed by atoms with van der Waals surface area (Å²) in [6.45, 7) is 0.727. The number of amides is 2. The first-order valence-electron chi connectivity index (χ1n) is 7.93. The smallest absolute Gasteiger partial charge is 0.321 e. The molecule has 2 amide bonds. The number of likely N-dealkylation sites (tertiary alicyclic amines) is 1. The van der Waals surface area contributed by atoms with Crippen molar-refractivity contribution in [1.82, 2.24) is 4.90 Å². The second-order valence-corrected chi connectivity index (χ2v) is 8.43. The number of nitrogens with zero attached hydrogens (tertiary/aromatic N) is 1. The van der Waals surface area contributed by atoms with Gasteiger partial charge >= 0.3 is 6.03 Å². The van der Waals surface area contributed by atoms with Crippen LogP contribution in [0.1, 0.15) is 32.1 Å². The fraction of sp³-hybridized carbons (Fsp3) is 0.562. The Labute approximate surface area is 135 Å². The molecule has 2 unspecified atom stereocenters. The Morgan fingerprint density at radius 1 is 1.26 bits per heavy atom. The molecule has 5 nitrogen and oxygen atoms in total. The zero-order valence-electron chi connectivity index (χ0n) is 13.1. The van der Waals surface area contributed by atoms with Gasteiger partial charge in [-0.25, -0.2) is 17.6 Å². The molecule has 1 aliphatic heterocycles. The molecule has 1 aromatic carbocycles. The number of urea groups is 1. The zero-order valence-corrected chi connectivity index (χ0v) is 13.9. The number of fused-ring (bicyclic) bond motifs is 1. The van der Waals surface area contributed by atoms with Gasteiger partial charge in [-0.15, -0.1) is 0 Å². The molecule has 2 aliphatic rings. The maximum Gasteiger partial charge on any atom is 0.322 e. The first-order valence-corrected chi connectivity index (χ1v) is 9.82. The molecule has 1 saturated heterocycles. The number of sulfone groups is 1. The Hall–Kier alpha value is -1.63. The lowest BCUT2D eigenvalue weighted by atomic mass is 9.85. The van der Waals surface area contributed by atoms with Crippen LogP contribution >= 0.6 is 0 Å². The second kappa shape index (κ2) is 6.11. The molecule has 1 saturated carbocycles. The second-order valence-electron chi connectivity index (χ2n) is 6.44. The van der Waals surface area contributed by atoms with Gasteiger partial charge in [0.1, 0.15) is 10.7 Å². The van der Waals surface area contributed by atoms with E-state index in [0.29, 0.717) is 5.92 Å². The lowest BCUT2D eigenvalue weighted by Crippen LogP contribution is -2.41. The Morgan fingerprint density at radius 2 is 2.00 bits per heavy atom. The van der Waals surface area contributed by atoms with Gasteiger partial charge in [-0.2, -0.15) is 0 Å². The largest absolute Gasteiger partial charge is 0.322 e. The summed E-state index contributed by atoms with van der Waals surface area (Å²) in [7, 11) is -3.61. The van der Waals surface area contributed by atoms with Crippen LogP contribution in [-0.2, 0) is 9.84 Å². The van der Waals surface area contributed by atoms with Crippen LogP contribution in [0.15, 0.2) is 23.1 Å². The fourth-order valence-corrected chi connectivity index (χ4v) is 4.46. The lowest BCUT2D eigenvalue weighted by molar-refractivity contribution is 0.182. The molecule has 2 atom stereocenters. The van der Waals surface area contributed by atoms with Crippen LogP contribution < -0.4 is 5.32 Å². The van der Waals surface area contributed by atoms with Crippen molar-refractivity contribution in [2.45, 2.75) is 43.0 Å². The number of carbonyl (C=O) groups is 1. The summed E-state index contributed by atoms with van der Waals surface area (Å²) in [6, 6.07) is 3.72. The molecule has 1 aliphatic carbocycles. The minimum Gasteiger partial charge on any atom is -0.321 e. The summed E-state index contributed by atoms with van der Waals surface area (Å²) in [5, 5.41) is 2.69. The summed E-state index contributed by atoms with van der Waals surface area (Å²) in [5.74, 6) is -0.263. The zero-order chi connectivity index (χ0) is 16.6. The van der Waals surface area contributed by atoms with E-state index < -0.39 is 15.7 Å². The van der Waals surface area contributed by atoms with E-state index in [4.69, 9.17) is 0 Å². The number of hydrogen-bond acceptors (Lipinski definition) is 3. The molecule has 0 aromatic heterocycles. The van der Waals surface area contributed by atoms with E-state index in [1.807, 2.05) is 4.90 Å². The van der Waals surface area contributed by atoms with E-state index in [-0.39, 0.29) is 22.7 Å². The summed E-state index contributed by atoms with van der Waals surface area (Å²) >= 11 is 0. The average Bonchev–Trinajstić information content (AvgIpc) is 2.90. The first kappa shape index (κ1) is 16.2. The fourth-order valence-electron chi connectivity index (χ4n) is 3.73. The van der Waals surface area contributed by atoms with Crippen molar-refractivity contribution in [3.05, 3.63) is 24.0 Å². The summed E-state index contributed by atoms with van der Waals surface area (Å²) in [4.78, 5) is 13.9. The number of halogens is 1. The highest BCUT2D eigenvalue weighted by atomic mass is 32.2. The van der Waals surface area contributed by atoms with Gasteiger partial charge in [-0.1, -0.05) is 12.8 Å². The van der Waals surface area contributed by atoms with E-state index in [9.17, 15) is 17.6 Å². The number of carbonyl (C=O) groups excluding carboxylic acids is 1. The van der Waals surface area contributed by atoms with E-state index in [2.05, 4.69) is 5.32 Å². The summed E-state index contributed by atoms with van der Waals surface area (Å²) < 4.78 is 36.7. The van der Waals surface area contributed by atoms with Crippen molar-refractivity contribution in [3.63, 3.8) is 0 Å². The molecule has 0 bridgehead atoms. The Morgan fingerprint density at radius 3 is 2.70 bits per heavy atom. The monoisotopic (exact) mass is 340 g/mol. The molecule has 2 fully saturated rings. The van der Waals surface area contributed by atoms with Crippen molar-refractivity contribution < 1.29 is 17.6 Å². The summed E-state index contributed by atoms with van der Waals surface area (Å²) in [5.41, 5.74) is 0.277. The van der Waals surface area contributed by atoms with Crippen LogP contribution in [0.3, 0.4) is 0 Å². The van der Waals surface area contributed by atoms with E-state index in [1.165, 1.54) is 25.0 Å². The standard InChI is InChI=1S/C16H21FN2O3S/c1-23(21,22)15-7-6-12(10-13(15)17)18-16(20)19-9-8-11-4-2-3-5-14(11)19/h6-7,10-11,14H,2-5,8-9H2,1H3,(H,18,20). The van der Waals surface area contributed by atoms with Crippen molar-refractivity contribution in [3.8, 4) is 0 Å². The quantitative estimate of drug-likeness (QED) is 0.900. The van der Waals surface area contributed by atoms with Crippen molar-refractivity contribution >= 4 is 21.6 Å². The first-order chi connectivity index (χ1) is 10.9. The molecule has 23 heavy (non-hydrogen) atoms. The van der Waals surface area contributed by atoms with Gasteiger partial charge < -0.3 is 10.2 Å². The number of anilines is 1. The third-order valence-corrected chi connectivity index (χ3v) is 5.98. The minimum atomic E-state index is -3.61. The molecular weight excluding hydrogens is 319 g/mol. The maximum absolute atomic E-state index is 13.9. The molecule has 126 valence electrons. The van der Waals surface area contributed by atoms with Crippen molar-refractivity contribution in [2.24, 2.45) is 5.92 Å². The van der Waals surface area contributed by atoms with E-state index in [1.54, 1.807) is 0 Å². The minimum absolute atomic E-state index is 0.231. The van der Waals surface area contributed by atoms with Crippen LogP contribution in [0.25, 0.3) is 0 Å². The third kappa shape index (κ3) is 3.34. The van der Waals surface area contributed by atoms with Crippen molar-refractivity contribution in [2.75, 3.05) is 18.1 Å². The topological polar surface area (TPSA) is 66.5 Å². The molecule has 1 heterocycles. The van der Waals surface area contributed by atoms with Gasteiger partial charge in [0, 0.05) is 24.5 Å². The predicted octanol–water partition coefficient (Wildman–Crippen LogP) is 3.03. The number of benzene rings is 1. The van der Waals surface area contributed by atoms with Crippen LogP contribution in [0, 0.1) is 11.7 Å². The molecule has 1 aromatic rings. The molecule has 7 heteroatoms. The maximum atomic E-state index is 13.9. The number of hydrogen-bond donors (Lipinski definition) is 1. The molecule has 0 radical (unpaired) electrons. The Kier molecular flexibility index (Phi) is 4.31. The Balaban J connectivity index is 1.72. The van der Waals surface area contributed by atoms with Gasteiger partial charge in [0.2, 0.25) is 0 Å². The highest BCUT2D eigenvalue weighted by Gasteiger charge is 2.38. The van der Waals surface area contributed by atoms with E-state index in [0.717, 1.165) is 38.1 Å². The van der Waals surface area contributed by atoms with Crippen LogP contribution in [-0.4, -0.2) is 38.2 Å². The predicted molar refractivity (Wildman–Crippen MR) is 85.6 cm³/mol. The number of rotatable bonds is 2. The van der Waals surface area contributed by atoms with Crippen LogP contribution in [0.5, 0.6) is 0 Å². The molecule has 1 N–H and O–H groups in total. The molecule has 3 rings (SSSR count). The van der Waals surface area contributed by atoms with Crippen LogP contribution in [0.4, 0.5) is 14.9 Å². The van der Waals surface area contributed by atoms with Gasteiger partial charge in [-0.05, 0) is 43.4 Å². The van der Waals surface area contributed by atoms with E-state index >= 15 is 0 Å². The summed E-state index contributed by atoms with van der Waals surface area (Å²) in [6.07, 6.45) is 6.56. The van der Waals surface area contributed by atoms with Gasteiger partial charge in [0.15, 0.2) is 9.84 Å². The highest BCUT2D eigenvalue weighted by molar-refractivity contribution is 7.90. The molecular formula is C16H21FN2O3S. The average molecular weight is 340 g/mol. The molecule has 0 spiro atoms. The van der Waals surface area contributed by atoms with Gasteiger partial charge in [0.05, 0.1) is 0 Å². The Bertz CT molecular complexity index is 720. The van der Waals surface area contributed by atoms with Crippen molar-refractivity contribution in [1.29, 1.82) is 0 Å². The SMILES string of the molecule is CS(=O)(=O)c1ccc(NC(=O)N2CCC3CCCCC32)cc1F. The van der Waals surface area contributed by atoms with Gasteiger partial charge in [-0.3, -0.25) is 0 Å². The normalized spacial score (nSPS) is 24.3.